The molecule has 1 unspecified atom stereocenters. The van der Waals surface area contributed by atoms with Crippen molar-refractivity contribution in [3.05, 3.63) is 0 Å². The lowest BCUT2D eigenvalue weighted by Crippen LogP contribution is -2.39. The lowest BCUT2D eigenvalue weighted by atomic mass is 9.95. The lowest BCUT2D eigenvalue weighted by molar-refractivity contribution is 0.167. The van der Waals surface area contributed by atoms with Gasteiger partial charge < -0.3 is 4.90 Å². The Morgan fingerprint density at radius 3 is 2.69 bits per heavy atom. The predicted octanol–water partition coefficient (Wildman–Crippen LogP) is 1.95. The summed E-state index contributed by atoms with van der Waals surface area (Å²) in [5.41, 5.74) is 0.286. The number of hydrogen-bond acceptors (Lipinski definition) is 3. The first kappa shape index (κ1) is 13.5. The Morgan fingerprint density at radius 1 is 1.44 bits per heavy atom. The molecular formula is C13H25N3. The Bertz CT molecular complexity index is 252. The molecule has 0 spiro atoms. The molecule has 1 rings (SSSR count). The van der Waals surface area contributed by atoms with Gasteiger partial charge in [0.25, 0.3) is 0 Å². The summed E-state index contributed by atoms with van der Waals surface area (Å²) >= 11 is 0. The molecule has 1 saturated heterocycles. The zero-order chi connectivity index (χ0) is 12.2. The fourth-order valence-electron chi connectivity index (χ4n) is 2.70. The van der Waals surface area contributed by atoms with Crippen molar-refractivity contribution in [2.45, 2.75) is 38.6 Å². The van der Waals surface area contributed by atoms with Crippen molar-refractivity contribution in [1.29, 1.82) is 5.26 Å². The average Bonchev–Trinajstić information content (AvgIpc) is 2.41. The van der Waals surface area contributed by atoms with Gasteiger partial charge in [0, 0.05) is 18.5 Å². The van der Waals surface area contributed by atoms with Gasteiger partial charge in [-0.1, -0.05) is 0 Å². The minimum absolute atomic E-state index is 0.286. The zero-order valence-electron chi connectivity index (χ0n) is 11.2. The second kappa shape index (κ2) is 5.65. The Balaban J connectivity index is 2.38. The van der Waals surface area contributed by atoms with E-state index in [4.69, 9.17) is 5.26 Å². The SMILES string of the molecule is CN(C)CCCN1CC(CC#N)CC1(C)C. The summed E-state index contributed by atoms with van der Waals surface area (Å²) < 4.78 is 0. The molecule has 3 nitrogen and oxygen atoms in total. The monoisotopic (exact) mass is 223 g/mol. The van der Waals surface area contributed by atoms with Gasteiger partial charge in [-0.05, 0) is 59.8 Å². The third-order valence-corrected chi connectivity index (χ3v) is 3.54. The number of likely N-dealkylation sites (tertiary alicyclic amines) is 1. The standard InChI is InChI=1S/C13H25N3/c1-13(2)10-12(6-7-14)11-16(13)9-5-8-15(3)4/h12H,5-6,8-11H2,1-4H3. The maximum absolute atomic E-state index is 8.76. The first-order valence-electron chi connectivity index (χ1n) is 6.22. The third kappa shape index (κ3) is 3.77. The zero-order valence-corrected chi connectivity index (χ0v) is 11.2. The van der Waals surface area contributed by atoms with E-state index in [0.717, 1.165) is 19.6 Å². The van der Waals surface area contributed by atoms with Crippen molar-refractivity contribution in [2.24, 2.45) is 5.92 Å². The van der Waals surface area contributed by atoms with Gasteiger partial charge >= 0.3 is 0 Å². The Hall–Kier alpha value is -0.590. The molecule has 0 saturated carbocycles. The molecule has 0 aromatic carbocycles. The summed E-state index contributed by atoms with van der Waals surface area (Å²) in [5.74, 6) is 0.583. The van der Waals surface area contributed by atoms with E-state index in [1.54, 1.807) is 0 Å². The van der Waals surface area contributed by atoms with Crippen LogP contribution in [0.3, 0.4) is 0 Å². The Kier molecular flexibility index (Phi) is 4.76. The molecule has 0 amide bonds. The molecule has 1 fully saturated rings. The summed E-state index contributed by atoms with van der Waals surface area (Å²) in [6.45, 7) is 8.02. The molecule has 1 aliphatic heterocycles. The highest BCUT2D eigenvalue weighted by Crippen LogP contribution is 2.33. The van der Waals surface area contributed by atoms with E-state index in [1.807, 2.05) is 0 Å². The van der Waals surface area contributed by atoms with E-state index in [1.165, 1.54) is 12.8 Å². The van der Waals surface area contributed by atoms with E-state index in [-0.39, 0.29) is 5.54 Å². The van der Waals surface area contributed by atoms with Crippen LogP contribution in [0.5, 0.6) is 0 Å². The van der Waals surface area contributed by atoms with Crippen molar-refractivity contribution in [1.82, 2.24) is 9.80 Å². The summed E-state index contributed by atoms with van der Waals surface area (Å²) in [7, 11) is 4.24. The summed E-state index contributed by atoms with van der Waals surface area (Å²) in [5, 5.41) is 8.76. The Morgan fingerprint density at radius 2 is 2.12 bits per heavy atom. The van der Waals surface area contributed by atoms with Crippen LogP contribution in [0, 0.1) is 17.2 Å². The minimum Gasteiger partial charge on any atom is -0.309 e. The van der Waals surface area contributed by atoms with Crippen molar-refractivity contribution in [3.8, 4) is 6.07 Å². The van der Waals surface area contributed by atoms with Crippen LogP contribution in [0.25, 0.3) is 0 Å². The normalized spacial score (nSPS) is 24.9. The highest BCUT2D eigenvalue weighted by atomic mass is 15.2. The van der Waals surface area contributed by atoms with Crippen molar-refractivity contribution in [3.63, 3.8) is 0 Å². The second-order valence-corrected chi connectivity index (χ2v) is 5.85. The fraction of sp³-hybridized carbons (Fsp3) is 0.923. The van der Waals surface area contributed by atoms with E-state index >= 15 is 0 Å². The van der Waals surface area contributed by atoms with E-state index in [9.17, 15) is 0 Å². The first-order chi connectivity index (χ1) is 7.45. The molecule has 1 atom stereocenters. The molecule has 3 heteroatoms. The van der Waals surface area contributed by atoms with Crippen LogP contribution in [-0.2, 0) is 0 Å². The molecular weight excluding hydrogens is 198 g/mol. The van der Waals surface area contributed by atoms with Gasteiger partial charge in [-0.2, -0.15) is 5.26 Å². The fourth-order valence-corrected chi connectivity index (χ4v) is 2.70. The molecule has 1 aliphatic rings. The van der Waals surface area contributed by atoms with Gasteiger partial charge in [0.2, 0.25) is 0 Å². The number of hydrogen-bond donors (Lipinski definition) is 0. The van der Waals surface area contributed by atoms with Crippen molar-refractivity contribution >= 4 is 0 Å². The van der Waals surface area contributed by atoms with Crippen molar-refractivity contribution < 1.29 is 0 Å². The van der Waals surface area contributed by atoms with Gasteiger partial charge in [0.15, 0.2) is 0 Å². The van der Waals surface area contributed by atoms with Gasteiger partial charge in [-0.3, -0.25) is 4.90 Å². The third-order valence-electron chi connectivity index (χ3n) is 3.54. The molecule has 0 bridgehead atoms. The van der Waals surface area contributed by atoms with Crippen LogP contribution in [-0.4, -0.2) is 49.1 Å². The topological polar surface area (TPSA) is 30.3 Å². The van der Waals surface area contributed by atoms with Crippen LogP contribution in [0.15, 0.2) is 0 Å². The minimum atomic E-state index is 0.286. The van der Waals surface area contributed by atoms with Gasteiger partial charge in [0.1, 0.15) is 0 Å². The molecule has 0 N–H and O–H groups in total. The maximum Gasteiger partial charge on any atom is 0.0625 e. The van der Waals surface area contributed by atoms with Crippen LogP contribution in [0.2, 0.25) is 0 Å². The van der Waals surface area contributed by atoms with Gasteiger partial charge in [-0.15, -0.1) is 0 Å². The molecule has 92 valence electrons. The summed E-state index contributed by atoms with van der Waals surface area (Å²) in [4.78, 5) is 4.79. The van der Waals surface area contributed by atoms with E-state index in [0.29, 0.717) is 12.3 Å². The number of nitrogens with zero attached hydrogens (tertiary/aromatic N) is 3. The quantitative estimate of drug-likeness (QED) is 0.713. The largest absolute Gasteiger partial charge is 0.309 e. The second-order valence-electron chi connectivity index (χ2n) is 5.85. The van der Waals surface area contributed by atoms with Gasteiger partial charge in [-0.25, -0.2) is 0 Å². The number of rotatable bonds is 5. The summed E-state index contributed by atoms with van der Waals surface area (Å²) in [6, 6.07) is 2.31. The lowest BCUT2D eigenvalue weighted by Gasteiger charge is -2.31. The molecule has 0 aromatic rings. The van der Waals surface area contributed by atoms with Crippen LogP contribution in [0.1, 0.15) is 33.1 Å². The molecule has 0 aliphatic carbocycles. The molecule has 16 heavy (non-hydrogen) atoms. The molecule has 0 radical (unpaired) electrons. The molecule has 1 heterocycles. The first-order valence-corrected chi connectivity index (χ1v) is 6.22. The molecule has 0 aromatic heterocycles. The highest BCUT2D eigenvalue weighted by Gasteiger charge is 2.37. The van der Waals surface area contributed by atoms with Crippen LogP contribution < -0.4 is 0 Å². The van der Waals surface area contributed by atoms with E-state index in [2.05, 4.69) is 43.8 Å². The van der Waals surface area contributed by atoms with Crippen LogP contribution in [0.4, 0.5) is 0 Å². The van der Waals surface area contributed by atoms with E-state index < -0.39 is 0 Å². The average molecular weight is 223 g/mol. The smallest absolute Gasteiger partial charge is 0.0625 e. The van der Waals surface area contributed by atoms with Crippen LogP contribution >= 0.6 is 0 Å². The highest BCUT2D eigenvalue weighted by molar-refractivity contribution is 4.95. The Labute approximate surface area is 100 Å². The van der Waals surface area contributed by atoms with Gasteiger partial charge in [0.05, 0.1) is 6.07 Å². The predicted molar refractivity (Wildman–Crippen MR) is 67.2 cm³/mol. The van der Waals surface area contributed by atoms with Crippen molar-refractivity contribution in [2.75, 3.05) is 33.7 Å². The maximum atomic E-state index is 8.76. The summed E-state index contributed by atoms with van der Waals surface area (Å²) in [6.07, 6.45) is 3.10. The number of nitriles is 1.